The van der Waals surface area contributed by atoms with Crippen molar-refractivity contribution in [1.82, 2.24) is 0 Å². The average Bonchev–Trinajstić information content (AvgIpc) is 2.16. The Balaban J connectivity index is 3.17. The smallest absolute Gasteiger partial charge is 0.139 e. The highest BCUT2D eigenvalue weighted by molar-refractivity contribution is 7.99. The molecule has 5 heteroatoms. The minimum absolute atomic E-state index is 0.227. The summed E-state index contributed by atoms with van der Waals surface area (Å²) < 4.78 is 0. The zero-order chi connectivity index (χ0) is 10.1. The lowest BCUT2D eigenvalue weighted by Gasteiger charge is -2.06. The van der Waals surface area contributed by atoms with E-state index < -0.39 is 0 Å². The minimum Gasteiger partial charge on any atom is -0.409 e. The second-order valence-corrected chi connectivity index (χ2v) is 4.46. The van der Waals surface area contributed by atoms with Gasteiger partial charge in [-0.15, -0.1) is 0 Å². The van der Waals surface area contributed by atoms with Crippen LogP contribution in [0.15, 0.2) is 5.16 Å². The molecule has 4 nitrogen and oxygen atoms in total. The SMILES string of the molecule is CC(CO)SCCCCC(N)=NO. The van der Waals surface area contributed by atoms with E-state index in [1.54, 1.807) is 11.8 Å². The maximum Gasteiger partial charge on any atom is 0.139 e. The van der Waals surface area contributed by atoms with Crippen LogP contribution in [0.2, 0.25) is 0 Å². The quantitative estimate of drug-likeness (QED) is 0.191. The van der Waals surface area contributed by atoms with Crippen LogP contribution in [-0.2, 0) is 0 Å². The van der Waals surface area contributed by atoms with E-state index in [2.05, 4.69) is 5.16 Å². The first-order valence-electron chi connectivity index (χ1n) is 4.39. The van der Waals surface area contributed by atoms with E-state index in [0.717, 1.165) is 18.6 Å². The topological polar surface area (TPSA) is 78.8 Å². The summed E-state index contributed by atoms with van der Waals surface area (Å²) in [4.78, 5) is 0. The van der Waals surface area contributed by atoms with Crippen LogP contribution in [0.3, 0.4) is 0 Å². The molecule has 0 fully saturated rings. The Morgan fingerprint density at radius 1 is 1.54 bits per heavy atom. The molecule has 0 spiro atoms. The van der Waals surface area contributed by atoms with Crippen LogP contribution in [0.4, 0.5) is 0 Å². The fourth-order valence-corrected chi connectivity index (χ4v) is 1.67. The molecule has 0 bridgehead atoms. The van der Waals surface area contributed by atoms with Gasteiger partial charge in [-0.2, -0.15) is 11.8 Å². The number of thioether (sulfide) groups is 1. The van der Waals surface area contributed by atoms with E-state index in [4.69, 9.17) is 16.0 Å². The summed E-state index contributed by atoms with van der Waals surface area (Å²) in [5.74, 6) is 1.31. The summed E-state index contributed by atoms with van der Waals surface area (Å²) in [6.07, 6.45) is 2.61. The van der Waals surface area contributed by atoms with Crippen LogP contribution >= 0.6 is 11.8 Å². The zero-order valence-corrected chi connectivity index (χ0v) is 8.76. The molecule has 4 N–H and O–H groups in total. The minimum atomic E-state index is 0.227. The van der Waals surface area contributed by atoms with Gasteiger partial charge in [0.25, 0.3) is 0 Å². The summed E-state index contributed by atoms with van der Waals surface area (Å²) in [5, 5.41) is 20.2. The van der Waals surface area contributed by atoms with Gasteiger partial charge in [0, 0.05) is 11.7 Å². The van der Waals surface area contributed by atoms with Crippen molar-refractivity contribution in [3.8, 4) is 0 Å². The summed E-state index contributed by atoms with van der Waals surface area (Å²) >= 11 is 1.74. The van der Waals surface area contributed by atoms with Gasteiger partial charge in [-0.1, -0.05) is 12.1 Å². The number of aliphatic hydroxyl groups is 1. The van der Waals surface area contributed by atoms with Gasteiger partial charge in [0.05, 0.1) is 6.61 Å². The molecule has 0 aromatic carbocycles. The summed E-state index contributed by atoms with van der Waals surface area (Å²) in [7, 11) is 0. The molecule has 1 atom stereocenters. The number of rotatable bonds is 7. The van der Waals surface area contributed by atoms with Gasteiger partial charge in [0.2, 0.25) is 0 Å². The molecule has 0 rings (SSSR count). The third-order valence-electron chi connectivity index (χ3n) is 1.62. The lowest BCUT2D eigenvalue weighted by atomic mass is 10.2. The van der Waals surface area contributed by atoms with E-state index in [9.17, 15) is 0 Å². The predicted molar refractivity (Wildman–Crippen MR) is 56.3 cm³/mol. The van der Waals surface area contributed by atoms with Crippen LogP contribution < -0.4 is 5.73 Å². The number of amidine groups is 1. The molecule has 0 saturated heterocycles. The average molecular weight is 206 g/mol. The Morgan fingerprint density at radius 3 is 2.77 bits per heavy atom. The summed E-state index contributed by atoms with van der Waals surface area (Å²) in [5.41, 5.74) is 5.29. The van der Waals surface area contributed by atoms with Gasteiger partial charge in [0.1, 0.15) is 5.84 Å². The van der Waals surface area contributed by atoms with Crippen molar-refractivity contribution in [1.29, 1.82) is 0 Å². The number of hydrogen-bond acceptors (Lipinski definition) is 4. The standard InChI is InChI=1S/C8H18N2O2S/c1-7(6-11)13-5-3-2-4-8(9)10-12/h7,11-12H,2-6H2,1H3,(H2,9,10). The second kappa shape index (κ2) is 8.19. The highest BCUT2D eigenvalue weighted by atomic mass is 32.2. The number of unbranched alkanes of at least 4 members (excludes halogenated alkanes) is 1. The van der Waals surface area contributed by atoms with Crippen LogP contribution in [0, 0.1) is 0 Å². The molecule has 0 aromatic heterocycles. The van der Waals surface area contributed by atoms with Gasteiger partial charge in [-0.25, -0.2) is 0 Å². The third-order valence-corrected chi connectivity index (χ3v) is 2.86. The highest BCUT2D eigenvalue weighted by Gasteiger charge is 1.99. The van der Waals surface area contributed by atoms with E-state index >= 15 is 0 Å². The van der Waals surface area contributed by atoms with Crippen molar-refractivity contribution in [3.63, 3.8) is 0 Å². The van der Waals surface area contributed by atoms with E-state index in [-0.39, 0.29) is 6.61 Å². The van der Waals surface area contributed by atoms with Crippen molar-refractivity contribution in [2.24, 2.45) is 10.9 Å². The molecule has 0 aromatic rings. The number of nitrogens with zero attached hydrogens (tertiary/aromatic N) is 1. The van der Waals surface area contributed by atoms with Crippen LogP contribution in [0.5, 0.6) is 0 Å². The van der Waals surface area contributed by atoms with Crippen molar-refractivity contribution >= 4 is 17.6 Å². The van der Waals surface area contributed by atoms with Gasteiger partial charge in [0.15, 0.2) is 0 Å². The Morgan fingerprint density at radius 2 is 2.23 bits per heavy atom. The predicted octanol–water partition coefficient (Wildman–Crippen LogP) is 1.02. The molecule has 0 aliphatic heterocycles. The number of oxime groups is 1. The highest BCUT2D eigenvalue weighted by Crippen LogP contribution is 2.12. The molecule has 13 heavy (non-hydrogen) atoms. The molecule has 0 heterocycles. The van der Waals surface area contributed by atoms with Gasteiger partial charge in [-0.05, 0) is 18.6 Å². The van der Waals surface area contributed by atoms with Crippen molar-refractivity contribution < 1.29 is 10.3 Å². The number of hydrogen-bond donors (Lipinski definition) is 3. The van der Waals surface area contributed by atoms with E-state index in [0.29, 0.717) is 17.5 Å². The second-order valence-electron chi connectivity index (χ2n) is 2.91. The largest absolute Gasteiger partial charge is 0.409 e. The molecule has 0 amide bonds. The van der Waals surface area contributed by atoms with Gasteiger partial charge >= 0.3 is 0 Å². The first kappa shape index (κ1) is 12.6. The molecular formula is C8H18N2O2S. The fourth-order valence-electron chi connectivity index (χ4n) is 0.795. The lowest BCUT2D eigenvalue weighted by molar-refractivity contribution is 0.300. The molecule has 0 radical (unpaired) electrons. The van der Waals surface area contributed by atoms with Crippen LogP contribution in [0.25, 0.3) is 0 Å². The van der Waals surface area contributed by atoms with E-state index in [1.165, 1.54) is 0 Å². The van der Waals surface area contributed by atoms with Gasteiger partial charge < -0.3 is 16.0 Å². The summed E-state index contributed by atoms with van der Waals surface area (Å²) in [6, 6.07) is 0. The molecule has 78 valence electrons. The Bertz CT molecular complexity index is 153. The zero-order valence-electron chi connectivity index (χ0n) is 7.94. The van der Waals surface area contributed by atoms with Crippen LogP contribution in [0.1, 0.15) is 26.2 Å². The van der Waals surface area contributed by atoms with Crippen molar-refractivity contribution in [2.75, 3.05) is 12.4 Å². The normalized spacial score (nSPS) is 14.5. The Kier molecular flexibility index (Phi) is 7.93. The van der Waals surface area contributed by atoms with E-state index in [1.807, 2.05) is 6.92 Å². The maximum atomic E-state index is 8.72. The molecular weight excluding hydrogens is 188 g/mol. The lowest BCUT2D eigenvalue weighted by Crippen LogP contribution is -2.11. The number of nitrogens with two attached hydrogens (primary N) is 1. The molecule has 0 saturated carbocycles. The third kappa shape index (κ3) is 7.93. The Labute approximate surface area is 83.2 Å². The van der Waals surface area contributed by atoms with Gasteiger partial charge in [-0.3, -0.25) is 0 Å². The van der Waals surface area contributed by atoms with Crippen molar-refractivity contribution in [3.05, 3.63) is 0 Å². The fraction of sp³-hybridized carbons (Fsp3) is 0.875. The first-order chi connectivity index (χ1) is 6.20. The number of aliphatic hydroxyl groups excluding tert-OH is 1. The molecule has 0 aliphatic carbocycles. The van der Waals surface area contributed by atoms with Crippen LogP contribution in [-0.4, -0.2) is 33.8 Å². The Hall–Kier alpha value is -0.420. The first-order valence-corrected chi connectivity index (χ1v) is 5.44. The summed E-state index contributed by atoms with van der Waals surface area (Å²) in [6.45, 7) is 2.22. The molecule has 1 unspecified atom stereocenters. The van der Waals surface area contributed by atoms with Crippen molar-refractivity contribution in [2.45, 2.75) is 31.4 Å². The molecule has 0 aliphatic rings. The maximum absolute atomic E-state index is 8.72. The monoisotopic (exact) mass is 206 g/mol.